The number of nitrogens with one attached hydrogen (secondary N) is 4. The highest BCUT2D eigenvalue weighted by Crippen LogP contribution is 2.59. The summed E-state index contributed by atoms with van der Waals surface area (Å²) in [4.78, 5) is 73.5. The summed E-state index contributed by atoms with van der Waals surface area (Å²) >= 11 is 4.89. The van der Waals surface area contributed by atoms with Crippen LogP contribution in [0.1, 0.15) is 151 Å². The Labute approximate surface area is 409 Å². The number of rotatable bonds is 12. The molecule has 15 heteroatoms. The van der Waals surface area contributed by atoms with E-state index in [0.717, 1.165) is 65.2 Å². The quantitative estimate of drug-likeness (QED) is 0.0768. The summed E-state index contributed by atoms with van der Waals surface area (Å²) in [5.74, 6) is 3.04. The van der Waals surface area contributed by atoms with E-state index < -0.39 is 23.8 Å². The first-order valence-electron chi connectivity index (χ1n) is 25.0. The van der Waals surface area contributed by atoms with Crippen LogP contribution in [0, 0.1) is 11.3 Å². The summed E-state index contributed by atoms with van der Waals surface area (Å²) in [6, 6.07) is 16.8. The number of hydrogen-bond acceptors (Lipinski definition) is 9. The molecule has 2 saturated heterocycles. The van der Waals surface area contributed by atoms with E-state index in [2.05, 4.69) is 76.1 Å². The molecule has 14 nitrogen and oxygen atoms in total. The maximum atomic E-state index is 14.3. The van der Waals surface area contributed by atoms with Crippen LogP contribution in [0.2, 0.25) is 0 Å². The van der Waals surface area contributed by atoms with Gasteiger partial charge in [-0.1, -0.05) is 65.0 Å². The SMILES string of the molecule is COC(=O)N[C@H](C(=O)N1CCC[C@H]1c1ncc(-c2ccc(-c3c(C(C)CS)cc(-c4ccc5nc([C@@H]6CCCN6C(=O)[C@]6(NC(=O)OC)CC6(C)C)[nH]c5c4)c4c3C3CCC4CC3)cc2)[nH]1)C(C)C. The average Bonchev–Trinajstić information content (AvgIpc) is 4.09. The Kier molecular flexibility index (Phi) is 12.3. The summed E-state index contributed by atoms with van der Waals surface area (Å²) in [5, 5.41) is 5.63. The zero-order valence-corrected chi connectivity index (χ0v) is 41.8. The number of ether oxygens (including phenoxy) is 2. The summed E-state index contributed by atoms with van der Waals surface area (Å²) in [5.41, 5.74) is 11.6. The summed E-state index contributed by atoms with van der Waals surface area (Å²) in [6.45, 7) is 11.3. The van der Waals surface area contributed by atoms with Crippen molar-refractivity contribution in [3.63, 3.8) is 0 Å². The first-order valence-corrected chi connectivity index (χ1v) is 25.6. The standard InChI is InChI=1S/C54H66N8O6S/c1-29(2)46(59-51(65)67-6)49(63)61-22-8-10-41(61)47-55-26-40(58-47)31-12-14-32(15-13-31)43-36(30(3)27-69)25-37(44-33-16-18-34(19-17-33)45(43)44)35-20-21-38-39(24-35)57-48(56-38)42-11-9-23-62(42)50(64)54(28-53(54,4)5)60-52(66)68-7/h12-15,20-21,24-26,29-30,33-34,41-42,46,69H,8-11,16-19,22-23,27-28H2,1-7H3,(H,55,58)(H,56,57)(H,59,65)(H,60,66)/t30?,33?,34?,41-,42-,46-,54+/m0/s1. The van der Waals surface area contributed by atoms with Crippen LogP contribution in [0.5, 0.6) is 0 Å². The van der Waals surface area contributed by atoms with Gasteiger partial charge in [0.2, 0.25) is 11.8 Å². The van der Waals surface area contributed by atoms with Gasteiger partial charge in [0.05, 0.1) is 49.2 Å². The predicted molar refractivity (Wildman–Crippen MR) is 269 cm³/mol. The van der Waals surface area contributed by atoms with Gasteiger partial charge in [-0.25, -0.2) is 19.6 Å². The average molecular weight is 955 g/mol. The number of carbonyl (C=O) groups excluding carboxylic acids is 4. The predicted octanol–water partition coefficient (Wildman–Crippen LogP) is 10.3. The molecular weight excluding hydrogens is 889 g/mol. The molecule has 3 aromatic carbocycles. The van der Waals surface area contributed by atoms with Gasteiger partial charge in [0.15, 0.2) is 0 Å². The first-order chi connectivity index (χ1) is 33.2. The maximum Gasteiger partial charge on any atom is 0.407 e. The Morgan fingerprint density at radius 3 is 2.06 bits per heavy atom. The fraction of sp³-hybridized carbons (Fsp3) is 0.519. The Bertz CT molecular complexity index is 2810. The van der Waals surface area contributed by atoms with Gasteiger partial charge in [0.1, 0.15) is 23.2 Å². The van der Waals surface area contributed by atoms with Crippen molar-refractivity contribution in [3.8, 4) is 33.5 Å². The number of benzene rings is 3. The molecule has 69 heavy (non-hydrogen) atoms. The van der Waals surface area contributed by atoms with Gasteiger partial charge in [-0.15, -0.1) is 0 Å². The molecule has 11 rings (SSSR count). The van der Waals surface area contributed by atoms with Gasteiger partial charge in [0.25, 0.3) is 0 Å². The van der Waals surface area contributed by atoms with E-state index in [1.54, 1.807) is 0 Å². The molecule has 2 aliphatic heterocycles. The molecule has 1 unspecified atom stereocenters. The van der Waals surface area contributed by atoms with Crippen molar-refractivity contribution in [1.82, 2.24) is 40.4 Å². The fourth-order valence-electron chi connectivity index (χ4n) is 12.4. The van der Waals surface area contributed by atoms with Gasteiger partial charge in [-0.2, -0.15) is 12.6 Å². The number of aromatic amines is 2. The number of thiol groups is 1. The minimum absolute atomic E-state index is 0.0758. The van der Waals surface area contributed by atoms with Crippen molar-refractivity contribution in [3.05, 3.63) is 83.1 Å². The topological polar surface area (TPSA) is 175 Å². The zero-order valence-electron chi connectivity index (χ0n) is 40.9. The van der Waals surface area contributed by atoms with Crippen molar-refractivity contribution in [2.45, 2.75) is 134 Å². The number of nitrogens with zero attached hydrogens (tertiary/aromatic N) is 4. The Morgan fingerprint density at radius 1 is 0.797 bits per heavy atom. The number of H-pyrrole nitrogens is 2. The molecule has 4 aliphatic carbocycles. The molecule has 6 aliphatic rings. The molecule has 2 aromatic heterocycles. The second-order valence-corrected chi connectivity index (χ2v) is 21.6. The van der Waals surface area contributed by atoms with E-state index >= 15 is 0 Å². The summed E-state index contributed by atoms with van der Waals surface area (Å²) in [7, 11) is 2.63. The number of carbonyl (C=O) groups is 4. The molecule has 4 fully saturated rings. The van der Waals surface area contributed by atoms with Crippen LogP contribution in [0.4, 0.5) is 9.59 Å². The van der Waals surface area contributed by atoms with E-state index in [1.807, 2.05) is 43.7 Å². The van der Waals surface area contributed by atoms with E-state index in [-0.39, 0.29) is 41.1 Å². The monoisotopic (exact) mass is 954 g/mol. The molecular formula is C54H66N8O6S. The number of amides is 4. The molecule has 0 spiro atoms. The molecule has 4 heterocycles. The zero-order chi connectivity index (χ0) is 48.5. The largest absolute Gasteiger partial charge is 0.453 e. The van der Waals surface area contributed by atoms with Crippen molar-refractivity contribution < 1.29 is 28.7 Å². The second-order valence-electron chi connectivity index (χ2n) is 21.2. The molecule has 2 bridgehead atoms. The van der Waals surface area contributed by atoms with E-state index in [9.17, 15) is 19.2 Å². The van der Waals surface area contributed by atoms with Gasteiger partial charge in [-0.3, -0.25) is 9.59 Å². The maximum absolute atomic E-state index is 14.3. The number of methoxy groups -OCH3 is 2. The first kappa shape index (κ1) is 46.9. The Balaban J connectivity index is 0.957. The molecule has 4 amide bonds. The minimum atomic E-state index is -0.992. The molecule has 0 radical (unpaired) electrons. The lowest BCUT2D eigenvalue weighted by Gasteiger charge is -2.42. The van der Waals surface area contributed by atoms with Gasteiger partial charge >= 0.3 is 12.2 Å². The van der Waals surface area contributed by atoms with E-state index in [1.165, 1.54) is 73.3 Å². The number of alkyl carbamates (subject to hydrolysis) is 2. The van der Waals surface area contributed by atoms with Crippen LogP contribution in [-0.4, -0.2) is 98.4 Å². The minimum Gasteiger partial charge on any atom is -0.453 e. The lowest BCUT2D eigenvalue weighted by atomic mass is 9.62. The van der Waals surface area contributed by atoms with Crippen LogP contribution in [-0.2, 0) is 19.1 Å². The van der Waals surface area contributed by atoms with Crippen LogP contribution < -0.4 is 10.6 Å². The summed E-state index contributed by atoms with van der Waals surface area (Å²) in [6.07, 6.45) is 9.22. The molecule has 5 atom stereocenters. The number of fused-ring (bicyclic) bond motifs is 3. The Hall–Kier alpha value is -5.83. The number of aromatic nitrogens is 4. The highest BCUT2D eigenvalue weighted by molar-refractivity contribution is 7.80. The lowest BCUT2D eigenvalue weighted by Crippen LogP contribution is -2.53. The molecule has 364 valence electrons. The third-order valence-electron chi connectivity index (χ3n) is 16.4. The number of hydrogen-bond donors (Lipinski definition) is 5. The van der Waals surface area contributed by atoms with Crippen LogP contribution in [0.25, 0.3) is 44.5 Å². The van der Waals surface area contributed by atoms with Crippen molar-refractivity contribution in [2.24, 2.45) is 11.3 Å². The van der Waals surface area contributed by atoms with Crippen LogP contribution in [0.3, 0.4) is 0 Å². The Morgan fingerprint density at radius 2 is 1.42 bits per heavy atom. The normalized spacial score (nSPS) is 24.3. The van der Waals surface area contributed by atoms with Crippen molar-refractivity contribution in [2.75, 3.05) is 33.1 Å². The smallest absolute Gasteiger partial charge is 0.407 e. The number of likely N-dealkylation sites (tertiary alicyclic amines) is 2. The molecule has 4 N–H and O–H groups in total. The number of imidazole rings is 2. The van der Waals surface area contributed by atoms with Crippen LogP contribution >= 0.6 is 12.6 Å². The van der Waals surface area contributed by atoms with Crippen LogP contribution in [0.15, 0.2) is 54.7 Å². The fourth-order valence-corrected chi connectivity index (χ4v) is 12.6. The van der Waals surface area contributed by atoms with Gasteiger partial charge in [0, 0.05) is 13.1 Å². The van der Waals surface area contributed by atoms with E-state index in [4.69, 9.17) is 32.1 Å². The highest BCUT2D eigenvalue weighted by Gasteiger charge is 2.69. The van der Waals surface area contributed by atoms with Crippen molar-refractivity contribution >= 4 is 47.7 Å². The molecule has 5 aromatic rings. The van der Waals surface area contributed by atoms with E-state index in [0.29, 0.717) is 37.1 Å². The highest BCUT2D eigenvalue weighted by atomic mass is 32.1. The van der Waals surface area contributed by atoms with Gasteiger partial charge < -0.3 is 39.9 Å². The second kappa shape index (κ2) is 18.2. The summed E-state index contributed by atoms with van der Waals surface area (Å²) < 4.78 is 9.76. The third-order valence-corrected chi connectivity index (χ3v) is 16.9. The molecule has 2 saturated carbocycles. The van der Waals surface area contributed by atoms with Gasteiger partial charge in [-0.05, 0) is 155 Å². The third kappa shape index (κ3) is 8.15. The lowest BCUT2D eigenvalue weighted by molar-refractivity contribution is -0.137. The van der Waals surface area contributed by atoms with Crippen molar-refractivity contribution in [1.29, 1.82) is 0 Å².